The summed E-state index contributed by atoms with van der Waals surface area (Å²) < 4.78 is 37.5. The Labute approximate surface area is 96.0 Å². The molecule has 1 heterocycles. The van der Waals surface area contributed by atoms with E-state index in [9.17, 15) is 18.0 Å². The van der Waals surface area contributed by atoms with E-state index in [0.717, 1.165) is 6.07 Å². The molecule has 0 atom stereocenters. The number of hydrogen-bond donors (Lipinski definition) is 1. The standard InChI is InChI=1S/C11H9F3N2O/c1-8(17)15-6-3-5-10-9(11(12,13)14)4-2-7-16-10/h2,4,7H,6H2,1H3,(H,15,17). The Balaban J connectivity index is 2.88. The first-order valence-electron chi connectivity index (χ1n) is 4.67. The van der Waals surface area contributed by atoms with Crippen molar-refractivity contribution in [1.82, 2.24) is 10.3 Å². The van der Waals surface area contributed by atoms with Crippen LogP contribution in [0.5, 0.6) is 0 Å². The van der Waals surface area contributed by atoms with Gasteiger partial charge in [0.1, 0.15) is 5.69 Å². The Morgan fingerprint density at radius 2 is 2.24 bits per heavy atom. The summed E-state index contributed by atoms with van der Waals surface area (Å²) in [5, 5.41) is 2.35. The summed E-state index contributed by atoms with van der Waals surface area (Å²) in [5.74, 6) is 4.39. The number of halogens is 3. The molecule has 1 aromatic rings. The van der Waals surface area contributed by atoms with Gasteiger partial charge < -0.3 is 5.32 Å². The number of rotatable bonds is 1. The van der Waals surface area contributed by atoms with Crippen LogP contribution in [0.3, 0.4) is 0 Å². The van der Waals surface area contributed by atoms with Crippen LogP contribution in [-0.4, -0.2) is 17.4 Å². The molecular weight excluding hydrogens is 233 g/mol. The maximum Gasteiger partial charge on any atom is 0.419 e. The molecule has 3 nitrogen and oxygen atoms in total. The van der Waals surface area contributed by atoms with Crippen LogP contribution in [0.4, 0.5) is 13.2 Å². The second-order valence-corrected chi connectivity index (χ2v) is 3.11. The molecule has 0 aromatic carbocycles. The van der Waals surface area contributed by atoms with Crippen LogP contribution in [0, 0.1) is 11.8 Å². The lowest BCUT2D eigenvalue weighted by Gasteiger charge is -2.07. The van der Waals surface area contributed by atoms with E-state index in [1.165, 1.54) is 19.2 Å². The lowest BCUT2D eigenvalue weighted by molar-refractivity contribution is -0.138. The van der Waals surface area contributed by atoms with Crippen molar-refractivity contribution in [2.45, 2.75) is 13.1 Å². The third-order valence-electron chi connectivity index (χ3n) is 1.75. The van der Waals surface area contributed by atoms with E-state index in [-0.39, 0.29) is 18.1 Å². The Morgan fingerprint density at radius 3 is 2.82 bits per heavy atom. The number of carbonyl (C=O) groups is 1. The lowest BCUT2D eigenvalue weighted by atomic mass is 10.2. The minimum Gasteiger partial charge on any atom is -0.345 e. The van der Waals surface area contributed by atoms with Gasteiger partial charge in [0.25, 0.3) is 0 Å². The van der Waals surface area contributed by atoms with Gasteiger partial charge in [-0.15, -0.1) is 0 Å². The summed E-state index contributed by atoms with van der Waals surface area (Å²) in [6.45, 7) is 1.28. The molecule has 0 saturated heterocycles. The number of aromatic nitrogens is 1. The quantitative estimate of drug-likeness (QED) is 0.760. The molecule has 1 rings (SSSR count). The summed E-state index contributed by atoms with van der Waals surface area (Å²) in [5.41, 5.74) is -1.22. The van der Waals surface area contributed by atoms with Crippen molar-refractivity contribution < 1.29 is 18.0 Å². The largest absolute Gasteiger partial charge is 0.419 e. The van der Waals surface area contributed by atoms with Gasteiger partial charge in [-0.25, -0.2) is 4.98 Å². The summed E-state index contributed by atoms with van der Waals surface area (Å²) in [7, 11) is 0. The molecule has 0 unspecified atom stereocenters. The van der Waals surface area contributed by atoms with Crippen molar-refractivity contribution in [2.75, 3.05) is 6.54 Å². The van der Waals surface area contributed by atoms with Crippen LogP contribution in [0.25, 0.3) is 0 Å². The Kier molecular flexibility index (Phi) is 4.10. The van der Waals surface area contributed by atoms with E-state index in [1.807, 2.05) is 0 Å². The molecule has 90 valence electrons. The van der Waals surface area contributed by atoms with Crippen molar-refractivity contribution in [3.8, 4) is 11.8 Å². The fourth-order valence-electron chi connectivity index (χ4n) is 1.03. The third-order valence-corrected chi connectivity index (χ3v) is 1.75. The van der Waals surface area contributed by atoms with Gasteiger partial charge in [0, 0.05) is 13.1 Å². The third kappa shape index (κ3) is 4.15. The highest BCUT2D eigenvalue weighted by molar-refractivity contribution is 5.73. The zero-order chi connectivity index (χ0) is 12.9. The number of carbonyl (C=O) groups excluding carboxylic acids is 1. The van der Waals surface area contributed by atoms with Crippen molar-refractivity contribution in [3.05, 3.63) is 29.6 Å². The Hall–Kier alpha value is -2.03. The molecule has 0 aliphatic heterocycles. The molecular formula is C11H9F3N2O. The molecule has 6 heteroatoms. The highest BCUT2D eigenvalue weighted by atomic mass is 19.4. The second kappa shape index (κ2) is 5.34. The summed E-state index contributed by atoms with van der Waals surface area (Å²) in [6, 6.07) is 2.11. The van der Waals surface area contributed by atoms with E-state index in [1.54, 1.807) is 0 Å². The zero-order valence-corrected chi connectivity index (χ0v) is 8.93. The predicted octanol–water partition coefficient (Wildman–Crippen LogP) is 1.59. The number of alkyl halides is 3. The van der Waals surface area contributed by atoms with Crippen LogP contribution in [-0.2, 0) is 11.0 Å². The molecule has 0 radical (unpaired) electrons. The first kappa shape index (κ1) is 13.0. The SMILES string of the molecule is CC(=O)NCC#Cc1ncccc1C(F)(F)F. The van der Waals surface area contributed by atoms with E-state index in [4.69, 9.17) is 0 Å². The number of hydrogen-bond acceptors (Lipinski definition) is 2. The number of pyridine rings is 1. The van der Waals surface area contributed by atoms with Crippen molar-refractivity contribution in [1.29, 1.82) is 0 Å². The normalized spacial score (nSPS) is 10.4. The van der Waals surface area contributed by atoms with Gasteiger partial charge in [0.05, 0.1) is 12.1 Å². The van der Waals surface area contributed by atoms with Crippen LogP contribution in [0.2, 0.25) is 0 Å². The predicted molar refractivity (Wildman–Crippen MR) is 54.8 cm³/mol. The van der Waals surface area contributed by atoms with Crippen LogP contribution >= 0.6 is 0 Å². The highest BCUT2D eigenvalue weighted by Gasteiger charge is 2.33. The molecule has 0 saturated carbocycles. The molecule has 1 aromatic heterocycles. The van der Waals surface area contributed by atoms with Crippen molar-refractivity contribution in [2.24, 2.45) is 0 Å². The smallest absolute Gasteiger partial charge is 0.345 e. The minimum atomic E-state index is -4.48. The summed E-state index contributed by atoms with van der Waals surface area (Å²) in [4.78, 5) is 14.1. The first-order valence-corrected chi connectivity index (χ1v) is 4.67. The number of nitrogens with zero attached hydrogens (tertiary/aromatic N) is 1. The van der Waals surface area contributed by atoms with E-state index < -0.39 is 11.7 Å². The monoisotopic (exact) mass is 242 g/mol. The van der Waals surface area contributed by atoms with Crippen molar-refractivity contribution in [3.63, 3.8) is 0 Å². The molecule has 0 bridgehead atoms. The second-order valence-electron chi connectivity index (χ2n) is 3.11. The fraction of sp³-hybridized carbons (Fsp3) is 0.273. The Morgan fingerprint density at radius 1 is 1.53 bits per heavy atom. The average molecular weight is 242 g/mol. The van der Waals surface area contributed by atoms with Crippen LogP contribution in [0.1, 0.15) is 18.2 Å². The minimum absolute atomic E-state index is 0.0107. The molecule has 17 heavy (non-hydrogen) atoms. The van der Waals surface area contributed by atoms with Gasteiger partial charge in [-0.1, -0.05) is 5.92 Å². The van der Waals surface area contributed by atoms with Crippen molar-refractivity contribution >= 4 is 5.91 Å². The van der Waals surface area contributed by atoms with E-state index >= 15 is 0 Å². The molecule has 1 N–H and O–H groups in total. The highest BCUT2D eigenvalue weighted by Crippen LogP contribution is 2.30. The van der Waals surface area contributed by atoms with Gasteiger partial charge in [0.2, 0.25) is 5.91 Å². The Bertz CT molecular complexity index is 472. The van der Waals surface area contributed by atoms with E-state index in [0.29, 0.717) is 0 Å². The fourth-order valence-corrected chi connectivity index (χ4v) is 1.03. The van der Waals surface area contributed by atoms with Crippen LogP contribution < -0.4 is 5.32 Å². The molecule has 0 spiro atoms. The summed E-state index contributed by atoms with van der Waals surface area (Å²) >= 11 is 0. The molecule has 0 aliphatic rings. The maximum atomic E-state index is 12.5. The first-order chi connectivity index (χ1) is 7.91. The molecule has 1 amide bonds. The van der Waals surface area contributed by atoms with E-state index in [2.05, 4.69) is 22.1 Å². The zero-order valence-electron chi connectivity index (χ0n) is 8.93. The topological polar surface area (TPSA) is 42.0 Å². The maximum absolute atomic E-state index is 12.5. The van der Waals surface area contributed by atoms with Gasteiger partial charge in [0.15, 0.2) is 0 Å². The van der Waals surface area contributed by atoms with Crippen LogP contribution in [0.15, 0.2) is 18.3 Å². The van der Waals surface area contributed by atoms with Gasteiger partial charge in [-0.2, -0.15) is 13.2 Å². The summed E-state index contributed by atoms with van der Waals surface area (Å²) in [6.07, 6.45) is -3.25. The average Bonchev–Trinajstić information content (AvgIpc) is 2.23. The van der Waals surface area contributed by atoms with Gasteiger partial charge >= 0.3 is 6.18 Å². The molecule has 0 fully saturated rings. The number of amides is 1. The van der Waals surface area contributed by atoms with Gasteiger partial charge in [-0.05, 0) is 18.1 Å². The van der Waals surface area contributed by atoms with Gasteiger partial charge in [-0.3, -0.25) is 4.79 Å². The lowest BCUT2D eigenvalue weighted by Crippen LogP contribution is -2.19. The number of nitrogens with one attached hydrogen (secondary N) is 1. The molecule has 0 aliphatic carbocycles.